The lowest BCUT2D eigenvalue weighted by Gasteiger charge is -2.13. The third-order valence-corrected chi connectivity index (χ3v) is 4.18. The van der Waals surface area contributed by atoms with Crippen LogP contribution in [0, 0.1) is 0 Å². The van der Waals surface area contributed by atoms with Crippen LogP contribution in [0.3, 0.4) is 0 Å². The number of guanidine groups is 1. The molecular formula is C21H25N5O. The Morgan fingerprint density at radius 3 is 2.52 bits per heavy atom. The van der Waals surface area contributed by atoms with Gasteiger partial charge in [-0.2, -0.15) is 5.10 Å². The second kappa shape index (κ2) is 9.43. The van der Waals surface area contributed by atoms with Gasteiger partial charge in [-0.3, -0.25) is 9.67 Å². The van der Waals surface area contributed by atoms with E-state index in [1.54, 1.807) is 13.2 Å². The smallest absolute Gasteiger partial charge is 0.191 e. The van der Waals surface area contributed by atoms with Crippen molar-refractivity contribution in [2.45, 2.75) is 19.7 Å². The molecule has 6 heteroatoms. The molecule has 1 heterocycles. The molecule has 0 aliphatic rings. The fourth-order valence-electron chi connectivity index (χ4n) is 2.67. The van der Waals surface area contributed by atoms with Crippen molar-refractivity contribution in [3.63, 3.8) is 0 Å². The molecule has 0 unspecified atom stereocenters. The van der Waals surface area contributed by atoms with Gasteiger partial charge in [0.05, 0.1) is 12.2 Å². The van der Waals surface area contributed by atoms with Crippen molar-refractivity contribution in [1.29, 1.82) is 0 Å². The van der Waals surface area contributed by atoms with Crippen LogP contribution < -0.4 is 15.4 Å². The summed E-state index contributed by atoms with van der Waals surface area (Å²) in [5, 5.41) is 10.8. The summed E-state index contributed by atoms with van der Waals surface area (Å²) in [4.78, 5) is 4.27. The average Bonchev–Trinajstić information content (AvgIpc) is 3.12. The van der Waals surface area contributed by atoms with E-state index in [4.69, 9.17) is 4.74 Å². The Labute approximate surface area is 159 Å². The number of hydrogen-bond donors (Lipinski definition) is 2. The fourth-order valence-corrected chi connectivity index (χ4v) is 2.67. The van der Waals surface area contributed by atoms with Crippen LogP contribution in [0.1, 0.15) is 16.8 Å². The Hall–Kier alpha value is -3.28. The standard InChI is InChI=1S/C21H25N5O/c1-22-21(24-15-19-11-12-25-26(19)2)23-14-17-7-6-8-18(13-17)16-27-20-9-4-3-5-10-20/h3-13H,14-16H2,1-2H3,(H2,22,23,24). The molecule has 3 aromatic rings. The monoisotopic (exact) mass is 363 g/mol. The maximum atomic E-state index is 5.82. The highest BCUT2D eigenvalue weighted by Crippen LogP contribution is 2.12. The minimum absolute atomic E-state index is 0.547. The average molecular weight is 363 g/mol. The molecule has 6 nitrogen and oxygen atoms in total. The minimum atomic E-state index is 0.547. The maximum Gasteiger partial charge on any atom is 0.191 e. The summed E-state index contributed by atoms with van der Waals surface area (Å²) in [7, 11) is 3.69. The van der Waals surface area contributed by atoms with Crippen molar-refractivity contribution in [2.24, 2.45) is 12.0 Å². The molecule has 0 amide bonds. The van der Waals surface area contributed by atoms with E-state index < -0.39 is 0 Å². The van der Waals surface area contributed by atoms with Crippen molar-refractivity contribution in [2.75, 3.05) is 7.05 Å². The van der Waals surface area contributed by atoms with E-state index in [2.05, 4.69) is 38.9 Å². The number of hydrogen-bond acceptors (Lipinski definition) is 3. The van der Waals surface area contributed by atoms with E-state index in [1.807, 2.05) is 54.2 Å². The molecule has 0 radical (unpaired) electrons. The summed E-state index contributed by atoms with van der Waals surface area (Å²) in [5.41, 5.74) is 3.40. The second-order valence-electron chi connectivity index (χ2n) is 6.15. The van der Waals surface area contributed by atoms with Crippen LogP contribution in [0.2, 0.25) is 0 Å². The highest BCUT2D eigenvalue weighted by molar-refractivity contribution is 5.79. The molecule has 2 aromatic carbocycles. The Morgan fingerprint density at radius 1 is 1.00 bits per heavy atom. The molecule has 27 heavy (non-hydrogen) atoms. The normalized spacial score (nSPS) is 11.3. The van der Waals surface area contributed by atoms with Gasteiger partial charge in [0, 0.05) is 26.8 Å². The summed E-state index contributed by atoms with van der Waals surface area (Å²) < 4.78 is 7.66. The van der Waals surface area contributed by atoms with E-state index in [9.17, 15) is 0 Å². The lowest BCUT2D eigenvalue weighted by molar-refractivity contribution is 0.306. The van der Waals surface area contributed by atoms with Crippen molar-refractivity contribution < 1.29 is 4.74 Å². The first-order valence-electron chi connectivity index (χ1n) is 8.91. The number of rotatable bonds is 7. The molecule has 1 aromatic heterocycles. The predicted molar refractivity (Wildman–Crippen MR) is 107 cm³/mol. The first-order chi connectivity index (χ1) is 13.2. The van der Waals surface area contributed by atoms with Gasteiger partial charge in [0.1, 0.15) is 12.4 Å². The lowest BCUT2D eigenvalue weighted by atomic mass is 10.1. The Bertz CT molecular complexity index is 873. The van der Waals surface area contributed by atoms with Gasteiger partial charge < -0.3 is 15.4 Å². The van der Waals surface area contributed by atoms with Crippen molar-refractivity contribution in [3.8, 4) is 5.75 Å². The Balaban J connectivity index is 1.50. The molecule has 0 saturated carbocycles. The van der Waals surface area contributed by atoms with Crippen LogP contribution in [0.4, 0.5) is 0 Å². The number of nitrogens with one attached hydrogen (secondary N) is 2. The topological polar surface area (TPSA) is 63.5 Å². The first-order valence-corrected chi connectivity index (χ1v) is 8.91. The SMILES string of the molecule is CN=C(NCc1cccc(COc2ccccc2)c1)NCc1ccnn1C. The fraction of sp³-hybridized carbons (Fsp3) is 0.238. The minimum Gasteiger partial charge on any atom is -0.489 e. The highest BCUT2D eigenvalue weighted by atomic mass is 16.5. The van der Waals surface area contributed by atoms with E-state index in [1.165, 1.54) is 5.56 Å². The third-order valence-electron chi connectivity index (χ3n) is 4.18. The van der Waals surface area contributed by atoms with Crippen LogP contribution >= 0.6 is 0 Å². The van der Waals surface area contributed by atoms with Crippen molar-refractivity contribution >= 4 is 5.96 Å². The zero-order valence-corrected chi connectivity index (χ0v) is 15.7. The Morgan fingerprint density at radius 2 is 1.78 bits per heavy atom. The summed E-state index contributed by atoms with van der Waals surface area (Å²) >= 11 is 0. The van der Waals surface area contributed by atoms with Crippen molar-refractivity contribution in [1.82, 2.24) is 20.4 Å². The van der Waals surface area contributed by atoms with Gasteiger partial charge >= 0.3 is 0 Å². The lowest BCUT2D eigenvalue weighted by Crippen LogP contribution is -2.36. The summed E-state index contributed by atoms with van der Waals surface area (Å²) in [6.45, 7) is 1.90. The predicted octanol–water partition coefficient (Wildman–Crippen LogP) is 2.86. The van der Waals surface area contributed by atoms with Crippen LogP contribution in [0.15, 0.2) is 71.9 Å². The van der Waals surface area contributed by atoms with E-state index >= 15 is 0 Å². The third kappa shape index (κ3) is 5.60. The summed E-state index contributed by atoms with van der Waals surface area (Å²) in [6, 6.07) is 20.2. The molecule has 2 N–H and O–H groups in total. The van der Waals surface area contributed by atoms with Crippen LogP contribution in [0.5, 0.6) is 5.75 Å². The van der Waals surface area contributed by atoms with Crippen molar-refractivity contribution in [3.05, 3.63) is 83.7 Å². The maximum absolute atomic E-state index is 5.82. The van der Waals surface area contributed by atoms with Gasteiger partial charge in [-0.1, -0.05) is 42.5 Å². The van der Waals surface area contributed by atoms with E-state index in [0.717, 1.165) is 23.0 Å². The zero-order chi connectivity index (χ0) is 18.9. The van der Waals surface area contributed by atoms with Gasteiger partial charge in [-0.15, -0.1) is 0 Å². The molecule has 0 bridgehead atoms. The molecule has 0 aliphatic heterocycles. The number of benzene rings is 2. The molecular weight excluding hydrogens is 338 g/mol. The quantitative estimate of drug-likeness (QED) is 0.500. The van der Waals surface area contributed by atoms with Crippen LogP contribution in [-0.4, -0.2) is 22.8 Å². The second-order valence-corrected chi connectivity index (χ2v) is 6.15. The van der Waals surface area contributed by atoms with Crippen LogP contribution in [0.25, 0.3) is 0 Å². The molecule has 0 fully saturated rings. The molecule has 0 saturated heterocycles. The largest absolute Gasteiger partial charge is 0.489 e. The number of aryl methyl sites for hydroxylation is 1. The van der Waals surface area contributed by atoms with Crippen LogP contribution in [-0.2, 0) is 26.7 Å². The molecule has 3 rings (SSSR count). The summed E-state index contributed by atoms with van der Waals surface area (Å²) in [6.07, 6.45) is 1.79. The zero-order valence-electron chi connectivity index (χ0n) is 15.7. The highest BCUT2D eigenvalue weighted by Gasteiger charge is 2.03. The molecule has 140 valence electrons. The number of aromatic nitrogens is 2. The van der Waals surface area contributed by atoms with Gasteiger partial charge in [0.25, 0.3) is 0 Å². The summed E-state index contributed by atoms with van der Waals surface area (Å²) in [5.74, 6) is 1.63. The Kier molecular flexibility index (Phi) is 6.46. The first kappa shape index (κ1) is 18.5. The number of ether oxygens (including phenoxy) is 1. The van der Waals surface area contributed by atoms with Gasteiger partial charge in [-0.05, 0) is 29.3 Å². The molecule has 0 atom stereocenters. The van der Waals surface area contributed by atoms with Gasteiger partial charge in [-0.25, -0.2) is 0 Å². The van der Waals surface area contributed by atoms with Gasteiger partial charge in [0.15, 0.2) is 5.96 Å². The van der Waals surface area contributed by atoms with E-state index in [0.29, 0.717) is 19.7 Å². The number of para-hydroxylation sites is 1. The number of nitrogens with zero attached hydrogens (tertiary/aromatic N) is 3. The van der Waals surface area contributed by atoms with E-state index in [-0.39, 0.29) is 0 Å². The molecule has 0 aliphatic carbocycles. The molecule has 0 spiro atoms. The number of aliphatic imine (C=N–C) groups is 1. The van der Waals surface area contributed by atoms with Gasteiger partial charge in [0.2, 0.25) is 0 Å².